The molecule has 2 nitrogen and oxygen atoms in total. The van der Waals surface area contributed by atoms with Crippen LogP contribution in [0.5, 0.6) is 0 Å². The Labute approximate surface area is 304 Å². The molecule has 3 heteroatoms. The van der Waals surface area contributed by atoms with Gasteiger partial charge in [0, 0.05) is 66.3 Å². The van der Waals surface area contributed by atoms with E-state index in [0.29, 0.717) is 0 Å². The number of rotatable bonds is 0. The number of fused-ring (bicyclic) bond motifs is 18. The van der Waals surface area contributed by atoms with Gasteiger partial charge in [0.05, 0.1) is 5.52 Å². The first kappa shape index (κ1) is 28.1. The topological polar surface area (TPSA) is 9.86 Å². The number of aromatic nitrogens is 2. The quantitative estimate of drug-likeness (QED) is 0.143. The Morgan fingerprint density at radius 2 is 1.00 bits per heavy atom. The van der Waals surface area contributed by atoms with E-state index in [-0.39, 0.29) is 23.1 Å². The Morgan fingerprint density at radius 3 is 1.69 bits per heavy atom. The van der Waals surface area contributed by atoms with E-state index in [4.69, 9.17) is 0 Å². The Hall–Kier alpha value is -5.54. The van der Waals surface area contributed by atoms with Crippen molar-refractivity contribution in [3.05, 3.63) is 149 Å². The van der Waals surface area contributed by atoms with Crippen molar-refractivity contribution in [3.63, 3.8) is 0 Å². The van der Waals surface area contributed by atoms with E-state index in [1.54, 1.807) is 0 Å². The van der Waals surface area contributed by atoms with Gasteiger partial charge in [-0.3, -0.25) is 0 Å². The van der Waals surface area contributed by atoms with Crippen molar-refractivity contribution in [3.8, 4) is 50.2 Å². The molecular formula is C49H37BN2. The Balaban J connectivity index is 1.29. The second-order valence-electron chi connectivity index (χ2n) is 17.6. The fourth-order valence-corrected chi connectivity index (χ4v) is 12.3. The maximum absolute atomic E-state index is 2.82. The van der Waals surface area contributed by atoms with Crippen LogP contribution in [0.4, 0.5) is 0 Å². The minimum atomic E-state index is -0.156. The van der Waals surface area contributed by atoms with Crippen molar-refractivity contribution in [2.24, 2.45) is 0 Å². The zero-order valence-electron chi connectivity index (χ0n) is 30.4. The van der Waals surface area contributed by atoms with Gasteiger partial charge in [0.15, 0.2) is 0 Å². The molecule has 4 heterocycles. The summed E-state index contributed by atoms with van der Waals surface area (Å²) in [5, 5.41) is 2.76. The third-order valence-electron chi connectivity index (χ3n) is 14.2. The molecule has 0 spiro atoms. The molecule has 0 bridgehead atoms. The van der Waals surface area contributed by atoms with Crippen molar-refractivity contribution in [2.75, 3.05) is 0 Å². The van der Waals surface area contributed by atoms with Crippen LogP contribution in [0.15, 0.2) is 115 Å². The summed E-state index contributed by atoms with van der Waals surface area (Å²) < 4.78 is 5.56. The van der Waals surface area contributed by atoms with E-state index in [2.05, 4.69) is 166 Å². The Kier molecular flexibility index (Phi) is 4.54. The molecule has 3 aliphatic carbocycles. The summed E-state index contributed by atoms with van der Waals surface area (Å²) in [5.41, 5.74) is 26.5. The van der Waals surface area contributed by atoms with E-state index >= 15 is 0 Å². The highest BCUT2D eigenvalue weighted by Crippen LogP contribution is 2.60. The second kappa shape index (κ2) is 8.40. The summed E-state index contributed by atoms with van der Waals surface area (Å²) in [4.78, 5) is 0. The standard InChI is InChI=1S/C49H37BN2/c1-47(2)33-21-10-7-15-26(33)32-25-37-42-40(41(32)47)31-19-13-18-29-39-28-17-9-12-23-35(28)49(5,6)46(39)52(43(29)31)50(42)36-24-14-20-30-38-27-16-8-11-22-34(27)48(3,4)45(38)51(37)44(30)36/h7-25H,1-6H3. The first-order valence-corrected chi connectivity index (χ1v) is 19.0. The van der Waals surface area contributed by atoms with Crippen molar-refractivity contribution in [1.29, 1.82) is 0 Å². The third-order valence-corrected chi connectivity index (χ3v) is 14.2. The fourth-order valence-electron chi connectivity index (χ4n) is 12.3. The van der Waals surface area contributed by atoms with Crippen LogP contribution in [0.2, 0.25) is 0 Å². The molecule has 5 aliphatic rings. The molecule has 0 saturated heterocycles. The molecule has 0 N–H and O–H groups in total. The number of benzene rings is 6. The summed E-state index contributed by atoms with van der Waals surface area (Å²) >= 11 is 0. The highest BCUT2D eigenvalue weighted by atomic mass is 15.1. The first-order chi connectivity index (χ1) is 25.1. The number of hydrogen-bond acceptors (Lipinski definition) is 0. The van der Waals surface area contributed by atoms with Crippen molar-refractivity contribution < 1.29 is 0 Å². The number of nitrogens with zero attached hydrogens (tertiary/aromatic N) is 2. The number of hydrogen-bond donors (Lipinski definition) is 0. The predicted octanol–water partition coefficient (Wildman–Crippen LogP) is 10.5. The maximum atomic E-state index is 2.82. The van der Waals surface area contributed by atoms with Crippen LogP contribution >= 0.6 is 0 Å². The molecule has 0 atom stereocenters. The summed E-state index contributed by atoms with van der Waals surface area (Å²) in [5.74, 6) is 0. The van der Waals surface area contributed by atoms with Gasteiger partial charge in [-0.1, -0.05) is 151 Å². The van der Waals surface area contributed by atoms with Gasteiger partial charge in [-0.05, 0) is 67.1 Å². The molecule has 0 unspecified atom stereocenters. The maximum Gasteiger partial charge on any atom is 0.332 e. The molecule has 2 aliphatic heterocycles. The van der Waals surface area contributed by atoms with Gasteiger partial charge in [0.1, 0.15) is 0 Å². The number of para-hydroxylation sites is 2. The summed E-state index contributed by atoms with van der Waals surface area (Å²) in [6, 6.07) is 44.5. The molecule has 8 aromatic rings. The molecule has 0 radical (unpaired) electrons. The van der Waals surface area contributed by atoms with Gasteiger partial charge in [0.2, 0.25) is 0 Å². The van der Waals surface area contributed by atoms with E-state index in [1.807, 2.05) is 0 Å². The van der Waals surface area contributed by atoms with E-state index in [1.165, 1.54) is 117 Å². The van der Waals surface area contributed by atoms with Crippen LogP contribution in [-0.2, 0) is 16.2 Å². The van der Waals surface area contributed by atoms with Gasteiger partial charge in [-0.2, -0.15) is 0 Å². The fraction of sp³-hybridized carbons (Fsp3) is 0.184. The minimum absolute atomic E-state index is 0.0501. The van der Waals surface area contributed by atoms with Crippen LogP contribution in [-0.4, -0.2) is 15.9 Å². The van der Waals surface area contributed by atoms with Crippen LogP contribution in [0, 0.1) is 0 Å². The molecule has 6 aromatic carbocycles. The highest BCUT2D eigenvalue weighted by Gasteiger charge is 2.52. The Bertz CT molecular complexity index is 3050. The second-order valence-corrected chi connectivity index (χ2v) is 17.6. The normalized spacial score (nSPS) is 17.5. The van der Waals surface area contributed by atoms with E-state index < -0.39 is 0 Å². The smallest absolute Gasteiger partial charge is 0.332 e. The SMILES string of the molecule is CC1(C)c2ccccc2-c2cc3c4c(c21)-c1cccc2c5c(n(c12)B4c1cccc2c4c(n-3c12)C(C)(C)c1ccccc1-4)C(C)(C)c1ccccc1-5. The summed E-state index contributed by atoms with van der Waals surface area (Å²) in [6.45, 7) is 14.8. The highest BCUT2D eigenvalue weighted by molar-refractivity contribution is 6.89. The largest absolute Gasteiger partial charge is 0.378 e. The molecule has 13 rings (SSSR count). The van der Waals surface area contributed by atoms with E-state index in [9.17, 15) is 0 Å². The van der Waals surface area contributed by atoms with Crippen LogP contribution in [0.25, 0.3) is 72.0 Å². The van der Waals surface area contributed by atoms with Crippen LogP contribution in [0.3, 0.4) is 0 Å². The van der Waals surface area contributed by atoms with Crippen molar-refractivity contribution in [2.45, 2.75) is 57.8 Å². The lowest BCUT2D eigenvalue weighted by Crippen LogP contribution is -2.57. The zero-order chi connectivity index (χ0) is 34.8. The Morgan fingerprint density at radius 1 is 0.462 bits per heavy atom. The molecule has 0 fully saturated rings. The van der Waals surface area contributed by atoms with Gasteiger partial charge < -0.3 is 9.05 Å². The van der Waals surface area contributed by atoms with Crippen molar-refractivity contribution >= 4 is 39.6 Å². The lowest BCUT2D eigenvalue weighted by molar-refractivity contribution is 0.623. The molecular weight excluding hydrogens is 627 g/mol. The lowest BCUT2D eigenvalue weighted by atomic mass is 9.44. The first-order valence-electron chi connectivity index (χ1n) is 19.0. The molecule has 246 valence electrons. The third kappa shape index (κ3) is 2.73. The zero-order valence-corrected chi connectivity index (χ0v) is 30.4. The van der Waals surface area contributed by atoms with Gasteiger partial charge in [-0.25, -0.2) is 0 Å². The van der Waals surface area contributed by atoms with E-state index in [0.717, 1.165) is 0 Å². The summed E-state index contributed by atoms with van der Waals surface area (Å²) in [6.07, 6.45) is 0. The van der Waals surface area contributed by atoms with Crippen LogP contribution in [0.1, 0.15) is 75.2 Å². The van der Waals surface area contributed by atoms with Gasteiger partial charge in [0.25, 0.3) is 0 Å². The average molecular weight is 665 g/mol. The average Bonchev–Trinajstić information content (AvgIpc) is 3.88. The minimum Gasteiger partial charge on any atom is -0.378 e. The predicted molar refractivity (Wildman–Crippen MR) is 217 cm³/mol. The van der Waals surface area contributed by atoms with Gasteiger partial charge in [-0.15, -0.1) is 0 Å². The molecule has 0 saturated carbocycles. The van der Waals surface area contributed by atoms with Crippen molar-refractivity contribution in [1.82, 2.24) is 9.05 Å². The molecule has 0 amide bonds. The summed E-state index contributed by atoms with van der Waals surface area (Å²) in [7, 11) is 0. The lowest BCUT2D eigenvalue weighted by Gasteiger charge is -2.40. The van der Waals surface area contributed by atoms with Crippen LogP contribution < -0.4 is 10.9 Å². The van der Waals surface area contributed by atoms with Gasteiger partial charge >= 0.3 is 6.85 Å². The molecule has 52 heavy (non-hydrogen) atoms. The molecule has 2 aromatic heterocycles. The monoisotopic (exact) mass is 664 g/mol.